The lowest BCUT2D eigenvalue weighted by molar-refractivity contribution is 0.105. The van der Waals surface area contributed by atoms with Crippen LogP contribution in [0.4, 0.5) is 16.4 Å². The molecule has 3 rings (SSSR count). The molecule has 1 aliphatic heterocycles. The van der Waals surface area contributed by atoms with Crippen molar-refractivity contribution in [1.29, 1.82) is 0 Å². The van der Waals surface area contributed by atoms with Crippen LogP contribution in [0.5, 0.6) is 5.75 Å². The molecule has 2 aromatic rings. The van der Waals surface area contributed by atoms with Crippen molar-refractivity contribution in [2.24, 2.45) is 0 Å². The molecule has 0 aromatic carbocycles. The molecule has 1 N–H and O–H groups in total. The second-order valence-corrected chi connectivity index (χ2v) is 5.45. The van der Waals surface area contributed by atoms with Crippen molar-refractivity contribution in [3.05, 3.63) is 42.2 Å². The third-order valence-corrected chi connectivity index (χ3v) is 4.04. The summed E-state index contributed by atoms with van der Waals surface area (Å²) >= 11 is 0. The molecule has 1 saturated heterocycles. The Hall–Kier alpha value is -2.83. The van der Waals surface area contributed by atoms with Crippen LogP contribution < -0.4 is 9.64 Å². The molecule has 1 amide bonds. The van der Waals surface area contributed by atoms with Gasteiger partial charge in [-0.25, -0.2) is 14.8 Å². The number of hydrogen-bond acceptors (Lipinski definition) is 5. The van der Waals surface area contributed by atoms with E-state index in [9.17, 15) is 4.79 Å². The van der Waals surface area contributed by atoms with Crippen molar-refractivity contribution in [3.8, 4) is 5.75 Å². The van der Waals surface area contributed by atoms with Crippen molar-refractivity contribution in [1.82, 2.24) is 14.9 Å². The molecule has 2 aromatic heterocycles. The summed E-state index contributed by atoms with van der Waals surface area (Å²) in [4.78, 5) is 22.9. The molecule has 23 heavy (non-hydrogen) atoms. The first-order valence-electron chi connectivity index (χ1n) is 7.26. The van der Waals surface area contributed by atoms with Gasteiger partial charge in [0, 0.05) is 32.3 Å². The smallest absolute Gasteiger partial charge is 0.407 e. The van der Waals surface area contributed by atoms with Crippen LogP contribution >= 0.6 is 0 Å². The minimum atomic E-state index is -0.865. The minimum absolute atomic E-state index is 0.233. The van der Waals surface area contributed by atoms with E-state index in [0.717, 1.165) is 17.2 Å². The number of aromatic nitrogens is 2. The van der Waals surface area contributed by atoms with E-state index in [0.29, 0.717) is 18.8 Å². The normalized spacial score (nSPS) is 14.3. The van der Waals surface area contributed by atoms with Gasteiger partial charge in [0.15, 0.2) is 0 Å². The Labute approximate surface area is 134 Å². The minimum Gasteiger partial charge on any atom is -0.495 e. The molecule has 1 aliphatic rings. The van der Waals surface area contributed by atoms with Gasteiger partial charge in [-0.05, 0) is 23.8 Å². The number of ether oxygens (including phenoxy) is 1. The Morgan fingerprint density at radius 3 is 2.35 bits per heavy atom. The monoisotopic (exact) mass is 314 g/mol. The first-order valence-corrected chi connectivity index (χ1v) is 7.26. The van der Waals surface area contributed by atoms with Crippen LogP contribution in [0, 0.1) is 0 Å². The Balaban J connectivity index is 1.68. The summed E-state index contributed by atoms with van der Waals surface area (Å²) in [5.41, 5.74) is 1.06. The summed E-state index contributed by atoms with van der Waals surface area (Å²) in [7, 11) is 3.50. The van der Waals surface area contributed by atoms with Crippen LogP contribution in [0.3, 0.4) is 0 Å². The van der Waals surface area contributed by atoms with E-state index in [1.807, 2.05) is 36.2 Å². The molecular formula is C16H18N4O3. The molecule has 0 bridgehead atoms. The Kier molecular flexibility index (Phi) is 4.01. The lowest BCUT2D eigenvalue weighted by Gasteiger charge is -2.37. The van der Waals surface area contributed by atoms with Gasteiger partial charge in [-0.3, -0.25) is 0 Å². The molecule has 7 heteroatoms. The lowest BCUT2D eigenvalue weighted by atomic mass is 9.93. The summed E-state index contributed by atoms with van der Waals surface area (Å²) in [5, 5.41) is 8.87. The average Bonchev–Trinajstić information content (AvgIpc) is 2.53. The van der Waals surface area contributed by atoms with E-state index < -0.39 is 6.09 Å². The molecule has 7 nitrogen and oxygen atoms in total. The largest absolute Gasteiger partial charge is 0.495 e. The van der Waals surface area contributed by atoms with E-state index in [1.54, 1.807) is 19.5 Å². The van der Waals surface area contributed by atoms with Gasteiger partial charge in [0.25, 0.3) is 0 Å². The van der Waals surface area contributed by atoms with Crippen molar-refractivity contribution < 1.29 is 14.6 Å². The highest BCUT2D eigenvalue weighted by atomic mass is 16.5. The Morgan fingerprint density at radius 1 is 1.22 bits per heavy atom. The molecule has 0 radical (unpaired) electrons. The molecule has 120 valence electrons. The predicted molar refractivity (Wildman–Crippen MR) is 85.4 cm³/mol. The zero-order valence-electron chi connectivity index (χ0n) is 13.0. The van der Waals surface area contributed by atoms with Crippen LogP contribution in [-0.2, 0) is 0 Å². The third-order valence-electron chi connectivity index (χ3n) is 4.04. The SMILES string of the molecule is COc1ccc(N(C)c2ccc(C3CN(C(=O)O)C3)cn2)nc1. The van der Waals surface area contributed by atoms with E-state index >= 15 is 0 Å². The second kappa shape index (κ2) is 6.12. The van der Waals surface area contributed by atoms with Gasteiger partial charge in [-0.2, -0.15) is 0 Å². The Morgan fingerprint density at radius 2 is 1.87 bits per heavy atom. The molecule has 0 atom stereocenters. The topological polar surface area (TPSA) is 78.8 Å². The van der Waals surface area contributed by atoms with E-state index in [1.165, 1.54) is 4.90 Å². The molecule has 0 aliphatic carbocycles. The molecule has 0 saturated carbocycles. The van der Waals surface area contributed by atoms with Crippen LogP contribution in [0.25, 0.3) is 0 Å². The fraction of sp³-hybridized carbons (Fsp3) is 0.312. The highest BCUT2D eigenvalue weighted by Gasteiger charge is 2.31. The highest BCUT2D eigenvalue weighted by molar-refractivity contribution is 5.66. The van der Waals surface area contributed by atoms with E-state index in [-0.39, 0.29) is 5.92 Å². The van der Waals surface area contributed by atoms with E-state index in [2.05, 4.69) is 9.97 Å². The zero-order chi connectivity index (χ0) is 16.4. The maximum atomic E-state index is 10.8. The van der Waals surface area contributed by atoms with Crippen molar-refractivity contribution in [2.75, 3.05) is 32.1 Å². The predicted octanol–water partition coefficient (Wildman–Crippen LogP) is 2.33. The van der Waals surface area contributed by atoms with Gasteiger partial charge < -0.3 is 19.6 Å². The first kappa shape index (κ1) is 15.1. The van der Waals surface area contributed by atoms with Crippen molar-refractivity contribution in [2.45, 2.75) is 5.92 Å². The maximum Gasteiger partial charge on any atom is 0.407 e. The highest BCUT2D eigenvalue weighted by Crippen LogP contribution is 2.28. The maximum absolute atomic E-state index is 10.8. The lowest BCUT2D eigenvalue weighted by Crippen LogP contribution is -2.47. The second-order valence-electron chi connectivity index (χ2n) is 5.45. The van der Waals surface area contributed by atoms with Gasteiger partial charge in [-0.1, -0.05) is 6.07 Å². The number of amides is 1. The summed E-state index contributed by atoms with van der Waals surface area (Å²) in [6.07, 6.45) is 2.60. The van der Waals surface area contributed by atoms with Crippen LogP contribution in [0.15, 0.2) is 36.7 Å². The molecule has 1 fully saturated rings. The summed E-state index contributed by atoms with van der Waals surface area (Å²) < 4.78 is 5.10. The quantitative estimate of drug-likeness (QED) is 0.933. The van der Waals surface area contributed by atoms with Gasteiger partial charge in [0.05, 0.1) is 13.3 Å². The standard InChI is InChI=1S/C16H18N4O3/c1-19(15-6-4-13(23-2)8-18-15)14-5-3-11(7-17-14)12-9-20(10-12)16(21)22/h3-8,12H,9-10H2,1-2H3,(H,21,22). The third kappa shape index (κ3) is 3.03. The first-order chi connectivity index (χ1) is 11.1. The summed E-state index contributed by atoms with van der Waals surface area (Å²) in [6, 6.07) is 7.63. The number of methoxy groups -OCH3 is 1. The number of likely N-dealkylation sites (tertiary alicyclic amines) is 1. The van der Waals surface area contributed by atoms with Gasteiger partial charge in [0.1, 0.15) is 17.4 Å². The molecular weight excluding hydrogens is 296 g/mol. The van der Waals surface area contributed by atoms with E-state index in [4.69, 9.17) is 9.84 Å². The number of nitrogens with zero attached hydrogens (tertiary/aromatic N) is 4. The van der Waals surface area contributed by atoms with Gasteiger partial charge in [0.2, 0.25) is 0 Å². The summed E-state index contributed by atoms with van der Waals surface area (Å²) in [5.74, 6) is 2.49. The van der Waals surface area contributed by atoms with Crippen molar-refractivity contribution >= 4 is 17.7 Å². The zero-order valence-corrected chi connectivity index (χ0v) is 13.0. The van der Waals surface area contributed by atoms with Crippen molar-refractivity contribution in [3.63, 3.8) is 0 Å². The number of anilines is 2. The number of pyridine rings is 2. The molecule has 0 unspecified atom stereocenters. The fourth-order valence-electron chi connectivity index (χ4n) is 2.49. The molecule has 0 spiro atoms. The number of carbonyl (C=O) groups is 1. The summed E-state index contributed by atoms with van der Waals surface area (Å²) in [6.45, 7) is 1.07. The fourth-order valence-corrected chi connectivity index (χ4v) is 2.49. The van der Waals surface area contributed by atoms with Crippen LogP contribution in [0.2, 0.25) is 0 Å². The van der Waals surface area contributed by atoms with Gasteiger partial charge >= 0.3 is 6.09 Å². The number of hydrogen-bond donors (Lipinski definition) is 1. The molecule has 3 heterocycles. The average molecular weight is 314 g/mol. The van der Waals surface area contributed by atoms with Crippen LogP contribution in [0.1, 0.15) is 11.5 Å². The Bertz CT molecular complexity index is 681. The number of carboxylic acid groups (broad SMARTS) is 1. The van der Waals surface area contributed by atoms with Crippen LogP contribution in [-0.4, -0.2) is 53.3 Å². The van der Waals surface area contributed by atoms with Gasteiger partial charge in [-0.15, -0.1) is 0 Å². The number of rotatable bonds is 4.